The summed E-state index contributed by atoms with van der Waals surface area (Å²) >= 11 is 0. The van der Waals surface area contributed by atoms with Crippen molar-refractivity contribution in [2.75, 3.05) is 7.11 Å². The highest BCUT2D eigenvalue weighted by Gasteiger charge is 2.26. The monoisotopic (exact) mass is 358 g/mol. The van der Waals surface area contributed by atoms with Gasteiger partial charge in [-0.1, -0.05) is 27.7 Å². The molecule has 0 radical (unpaired) electrons. The Morgan fingerprint density at radius 1 is 0.880 bits per heavy atom. The van der Waals surface area contributed by atoms with Gasteiger partial charge in [0.05, 0.1) is 13.5 Å². The van der Waals surface area contributed by atoms with E-state index in [0.717, 1.165) is 0 Å². The van der Waals surface area contributed by atoms with Gasteiger partial charge in [-0.15, -0.1) is 0 Å². The van der Waals surface area contributed by atoms with E-state index in [-0.39, 0.29) is 48.6 Å². The summed E-state index contributed by atoms with van der Waals surface area (Å²) in [6.07, 6.45) is -0.318. The second kappa shape index (κ2) is 10.3. The van der Waals surface area contributed by atoms with E-state index in [2.05, 4.69) is 15.4 Å². The standard InChI is InChI=1S/C18H34N2O5/c1-11(2)13(20-17(23)25-18(5,6)7)9-15(21)19-14(12(3)4)10-16(22)24-8/h11-14H,9-10H2,1-8H3,(H,19,21)(H,20,23)/t13-,14-/m1/s1. The Balaban J connectivity index is 4.76. The van der Waals surface area contributed by atoms with Crippen molar-refractivity contribution in [3.05, 3.63) is 0 Å². The average molecular weight is 358 g/mol. The van der Waals surface area contributed by atoms with Crippen LogP contribution in [0.15, 0.2) is 0 Å². The lowest BCUT2D eigenvalue weighted by molar-refractivity contribution is -0.141. The molecule has 0 fully saturated rings. The normalized spacial score (nSPS) is 14.0. The van der Waals surface area contributed by atoms with Crippen molar-refractivity contribution in [2.45, 2.75) is 79.0 Å². The molecule has 0 aliphatic carbocycles. The van der Waals surface area contributed by atoms with Gasteiger partial charge in [0.1, 0.15) is 5.60 Å². The van der Waals surface area contributed by atoms with Crippen molar-refractivity contribution >= 4 is 18.0 Å². The van der Waals surface area contributed by atoms with E-state index in [0.29, 0.717) is 0 Å². The van der Waals surface area contributed by atoms with Gasteiger partial charge in [-0.25, -0.2) is 4.79 Å². The summed E-state index contributed by atoms with van der Waals surface area (Å²) in [5.74, 6) is -0.459. The van der Waals surface area contributed by atoms with Crippen LogP contribution < -0.4 is 10.6 Å². The summed E-state index contributed by atoms with van der Waals surface area (Å²) in [6, 6.07) is -0.671. The second-order valence-electron chi connectivity index (χ2n) is 7.90. The molecule has 0 aromatic heterocycles. The van der Waals surface area contributed by atoms with E-state index in [1.54, 1.807) is 20.8 Å². The third-order valence-electron chi connectivity index (χ3n) is 3.68. The van der Waals surface area contributed by atoms with Gasteiger partial charge in [0.25, 0.3) is 0 Å². The average Bonchev–Trinajstić information content (AvgIpc) is 2.43. The molecule has 0 saturated carbocycles. The number of hydrogen-bond donors (Lipinski definition) is 2. The number of alkyl carbamates (subject to hydrolysis) is 1. The Labute approximate surface area is 151 Å². The molecule has 2 atom stereocenters. The summed E-state index contributed by atoms with van der Waals surface area (Å²) in [6.45, 7) is 13.0. The van der Waals surface area contributed by atoms with E-state index in [1.165, 1.54) is 7.11 Å². The lowest BCUT2D eigenvalue weighted by Gasteiger charge is -2.27. The van der Waals surface area contributed by atoms with E-state index in [9.17, 15) is 14.4 Å². The van der Waals surface area contributed by atoms with Gasteiger partial charge in [0, 0.05) is 18.5 Å². The smallest absolute Gasteiger partial charge is 0.407 e. The Morgan fingerprint density at radius 2 is 1.36 bits per heavy atom. The van der Waals surface area contributed by atoms with Crippen LogP contribution >= 0.6 is 0 Å². The molecule has 0 aromatic carbocycles. The van der Waals surface area contributed by atoms with Crippen molar-refractivity contribution in [1.29, 1.82) is 0 Å². The minimum atomic E-state index is -0.600. The van der Waals surface area contributed by atoms with Gasteiger partial charge < -0.3 is 20.1 Å². The summed E-state index contributed by atoms with van der Waals surface area (Å²) in [4.78, 5) is 35.8. The largest absolute Gasteiger partial charge is 0.469 e. The van der Waals surface area contributed by atoms with Crippen LogP contribution in [0.4, 0.5) is 4.79 Å². The number of rotatable bonds is 8. The van der Waals surface area contributed by atoms with Crippen LogP contribution in [0.25, 0.3) is 0 Å². The lowest BCUT2D eigenvalue weighted by atomic mass is 9.98. The van der Waals surface area contributed by atoms with Gasteiger partial charge in [-0.2, -0.15) is 0 Å². The van der Waals surface area contributed by atoms with Crippen molar-refractivity contribution in [1.82, 2.24) is 10.6 Å². The highest BCUT2D eigenvalue weighted by Crippen LogP contribution is 2.12. The van der Waals surface area contributed by atoms with Gasteiger partial charge in [-0.3, -0.25) is 9.59 Å². The number of ether oxygens (including phenoxy) is 2. The summed E-state index contributed by atoms with van der Waals surface area (Å²) in [7, 11) is 1.32. The maximum atomic E-state index is 12.4. The Kier molecular flexibility index (Phi) is 9.52. The number of methoxy groups -OCH3 is 1. The van der Waals surface area contributed by atoms with E-state index >= 15 is 0 Å². The first kappa shape index (κ1) is 23.2. The fraction of sp³-hybridized carbons (Fsp3) is 0.833. The van der Waals surface area contributed by atoms with Gasteiger partial charge in [-0.05, 0) is 32.6 Å². The summed E-state index contributed by atoms with van der Waals surface area (Å²) in [5, 5.41) is 5.60. The van der Waals surface area contributed by atoms with Crippen LogP contribution in [0, 0.1) is 11.8 Å². The van der Waals surface area contributed by atoms with Crippen molar-refractivity contribution in [2.24, 2.45) is 11.8 Å². The Hall–Kier alpha value is -1.79. The molecule has 0 aromatic rings. The van der Waals surface area contributed by atoms with E-state index < -0.39 is 11.7 Å². The highest BCUT2D eigenvalue weighted by atomic mass is 16.6. The number of esters is 1. The van der Waals surface area contributed by atoms with Crippen LogP contribution in [-0.2, 0) is 19.1 Å². The Morgan fingerprint density at radius 3 is 1.76 bits per heavy atom. The van der Waals surface area contributed by atoms with Gasteiger partial charge in [0.15, 0.2) is 0 Å². The van der Waals surface area contributed by atoms with E-state index in [1.807, 2.05) is 27.7 Å². The number of nitrogens with one attached hydrogen (secondary N) is 2. The summed E-state index contributed by atoms with van der Waals surface area (Å²) in [5.41, 5.74) is -0.600. The van der Waals surface area contributed by atoms with Crippen LogP contribution in [-0.4, -0.2) is 42.8 Å². The number of amides is 2. The van der Waals surface area contributed by atoms with E-state index in [4.69, 9.17) is 4.74 Å². The van der Waals surface area contributed by atoms with Crippen LogP contribution in [0.2, 0.25) is 0 Å². The predicted octanol–water partition coefficient (Wildman–Crippen LogP) is 2.63. The molecule has 7 heteroatoms. The van der Waals surface area contributed by atoms with Gasteiger partial charge >= 0.3 is 12.1 Å². The molecule has 25 heavy (non-hydrogen) atoms. The number of carbonyl (C=O) groups is 3. The molecular weight excluding hydrogens is 324 g/mol. The zero-order chi connectivity index (χ0) is 19.8. The molecular formula is C18H34N2O5. The quantitative estimate of drug-likeness (QED) is 0.651. The molecule has 0 aliphatic rings. The zero-order valence-corrected chi connectivity index (χ0v) is 16.8. The van der Waals surface area contributed by atoms with Crippen molar-refractivity contribution < 1.29 is 23.9 Å². The maximum absolute atomic E-state index is 12.4. The van der Waals surface area contributed by atoms with Crippen LogP contribution in [0.3, 0.4) is 0 Å². The molecule has 0 unspecified atom stereocenters. The van der Waals surface area contributed by atoms with Crippen molar-refractivity contribution in [3.8, 4) is 0 Å². The van der Waals surface area contributed by atoms with Crippen molar-refractivity contribution in [3.63, 3.8) is 0 Å². The third-order valence-corrected chi connectivity index (χ3v) is 3.68. The first-order chi connectivity index (χ1) is 11.4. The fourth-order valence-corrected chi connectivity index (χ4v) is 2.09. The number of carbonyl (C=O) groups excluding carboxylic acids is 3. The second-order valence-corrected chi connectivity index (χ2v) is 7.90. The molecule has 2 N–H and O–H groups in total. The molecule has 0 saturated heterocycles. The molecule has 0 heterocycles. The SMILES string of the molecule is COC(=O)C[C@@H](NC(=O)C[C@@H](NC(=O)OC(C)(C)C)C(C)C)C(C)C. The minimum absolute atomic E-state index is 0.0522. The molecule has 146 valence electrons. The molecule has 0 bridgehead atoms. The lowest BCUT2D eigenvalue weighted by Crippen LogP contribution is -2.47. The molecule has 0 aliphatic heterocycles. The summed E-state index contributed by atoms with van der Waals surface area (Å²) < 4.78 is 9.91. The third kappa shape index (κ3) is 10.6. The van der Waals surface area contributed by atoms with Gasteiger partial charge in [0.2, 0.25) is 5.91 Å². The number of hydrogen-bond acceptors (Lipinski definition) is 5. The first-order valence-electron chi connectivity index (χ1n) is 8.71. The molecule has 2 amide bonds. The fourth-order valence-electron chi connectivity index (χ4n) is 2.09. The van der Waals surface area contributed by atoms with Crippen LogP contribution in [0.5, 0.6) is 0 Å². The van der Waals surface area contributed by atoms with Crippen LogP contribution in [0.1, 0.15) is 61.3 Å². The minimum Gasteiger partial charge on any atom is -0.469 e. The Bertz CT molecular complexity index is 455. The predicted molar refractivity (Wildman–Crippen MR) is 96.0 cm³/mol. The maximum Gasteiger partial charge on any atom is 0.407 e. The topological polar surface area (TPSA) is 93.7 Å². The first-order valence-corrected chi connectivity index (χ1v) is 8.71. The highest BCUT2D eigenvalue weighted by molar-refractivity contribution is 5.79. The molecule has 0 rings (SSSR count). The zero-order valence-electron chi connectivity index (χ0n) is 16.8. The molecule has 7 nitrogen and oxygen atoms in total. The molecule has 0 spiro atoms.